The number of ether oxygens (including phenoxy) is 1. The Morgan fingerprint density at radius 3 is 2.67 bits per heavy atom. The first-order valence-corrected chi connectivity index (χ1v) is 12.0. The molecule has 3 aromatic carbocycles. The van der Waals surface area contributed by atoms with Crippen molar-refractivity contribution in [2.45, 2.75) is 12.5 Å². The summed E-state index contributed by atoms with van der Waals surface area (Å²) in [5, 5.41) is 10.4. The van der Waals surface area contributed by atoms with Crippen LogP contribution >= 0.6 is 23.2 Å². The monoisotopic (exact) mass is 519 g/mol. The molecular weight excluding hydrogens is 500 g/mol. The molecule has 1 aliphatic carbocycles. The molecule has 5 rings (SSSR count). The first-order chi connectivity index (χ1) is 17.4. The second kappa shape index (κ2) is 10.2. The second-order valence-electron chi connectivity index (χ2n) is 8.39. The van der Waals surface area contributed by atoms with Gasteiger partial charge in [-0.05, 0) is 58.7 Å². The molecule has 0 bridgehead atoms. The van der Waals surface area contributed by atoms with Crippen LogP contribution in [0.4, 0.5) is 4.39 Å². The maximum atomic E-state index is 13.7. The van der Waals surface area contributed by atoms with Crippen LogP contribution in [0.5, 0.6) is 0 Å². The topological polar surface area (TPSA) is 59.4 Å². The fraction of sp³-hybridized carbons (Fsp3) is 0.103. The summed E-state index contributed by atoms with van der Waals surface area (Å²) in [6.45, 7) is 0.0499. The van der Waals surface area contributed by atoms with Crippen LogP contribution in [0.3, 0.4) is 0 Å². The number of carbonyl (C=O) groups is 1. The fourth-order valence-electron chi connectivity index (χ4n) is 4.23. The Kier molecular flexibility index (Phi) is 6.88. The molecule has 0 saturated carbocycles. The van der Waals surface area contributed by atoms with Gasteiger partial charge in [-0.2, -0.15) is 0 Å². The molecule has 0 amide bonds. The number of benzene rings is 3. The summed E-state index contributed by atoms with van der Waals surface area (Å²) < 4.78 is 19.8. The van der Waals surface area contributed by atoms with E-state index < -0.39 is 17.9 Å². The van der Waals surface area contributed by atoms with Gasteiger partial charge in [-0.15, -0.1) is 0 Å². The van der Waals surface area contributed by atoms with Crippen molar-refractivity contribution in [2.75, 3.05) is 6.61 Å². The zero-order valence-electron chi connectivity index (χ0n) is 18.9. The van der Waals surface area contributed by atoms with Crippen molar-refractivity contribution >= 4 is 64.4 Å². The number of halogens is 3. The van der Waals surface area contributed by atoms with Crippen LogP contribution in [0.1, 0.15) is 46.0 Å². The zero-order chi connectivity index (χ0) is 25.2. The van der Waals surface area contributed by atoms with Gasteiger partial charge >= 0.3 is 5.97 Å². The standard InChI is InChI=1S/C29H20Cl2FNO3/c30-23-3-1-2-19-8-7-18-6-4-17(14-22(18)29(28(19)23)36-13-12-27(34)35)5-10-21-11-9-20-15-25(32)24(31)16-26(20)33-21/h1-11,14-16,29H,12-13H2,(H,34,35). The molecule has 0 radical (unpaired) electrons. The predicted octanol–water partition coefficient (Wildman–Crippen LogP) is 7.92. The number of hydrogen-bond acceptors (Lipinski definition) is 3. The quantitative estimate of drug-likeness (QED) is 0.281. The van der Waals surface area contributed by atoms with E-state index in [4.69, 9.17) is 33.0 Å². The number of hydrogen-bond donors (Lipinski definition) is 1. The van der Waals surface area contributed by atoms with Crippen molar-refractivity contribution in [3.63, 3.8) is 0 Å². The minimum atomic E-state index is -0.926. The van der Waals surface area contributed by atoms with Gasteiger partial charge in [0.1, 0.15) is 11.9 Å². The van der Waals surface area contributed by atoms with E-state index in [1.807, 2.05) is 60.7 Å². The van der Waals surface area contributed by atoms with Gasteiger partial charge in [-0.25, -0.2) is 9.37 Å². The fourth-order valence-corrected chi connectivity index (χ4v) is 4.67. The SMILES string of the molecule is O=C(O)CCOC1c2cc(C=Cc3ccc4cc(F)c(Cl)cc4n3)ccc2C=Cc2cccc(Cl)c21. The van der Waals surface area contributed by atoms with Crippen molar-refractivity contribution in [3.8, 4) is 0 Å². The van der Waals surface area contributed by atoms with Gasteiger partial charge < -0.3 is 9.84 Å². The molecule has 0 aliphatic heterocycles. The van der Waals surface area contributed by atoms with Crippen LogP contribution in [-0.4, -0.2) is 22.7 Å². The number of pyridine rings is 1. The largest absolute Gasteiger partial charge is 0.481 e. The van der Waals surface area contributed by atoms with Crippen molar-refractivity contribution in [1.82, 2.24) is 4.98 Å². The third-order valence-electron chi connectivity index (χ3n) is 5.98. The van der Waals surface area contributed by atoms with Crippen molar-refractivity contribution in [1.29, 1.82) is 0 Å². The first kappa shape index (κ1) is 24.2. The van der Waals surface area contributed by atoms with Crippen LogP contribution in [0, 0.1) is 5.82 Å². The molecule has 1 aromatic heterocycles. The van der Waals surface area contributed by atoms with E-state index >= 15 is 0 Å². The zero-order valence-corrected chi connectivity index (χ0v) is 20.4. The summed E-state index contributed by atoms with van der Waals surface area (Å²) in [6, 6.07) is 18.1. The Labute approximate surface area is 217 Å². The van der Waals surface area contributed by atoms with E-state index in [1.54, 1.807) is 12.1 Å². The van der Waals surface area contributed by atoms with Gasteiger partial charge in [0, 0.05) is 16.0 Å². The minimum absolute atomic E-state index is 0.0304. The lowest BCUT2D eigenvalue weighted by atomic mass is 9.94. The molecular formula is C29H20Cl2FNO3. The van der Waals surface area contributed by atoms with E-state index in [0.29, 0.717) is 21.6 Å². The summed E-state index contributed by atoms with van der Waals surface area (Å²) in [5.74, 6) is -1.40. The number of rotatable bonds is 6. The van der Waals surface area contributed by atoms with E-state index in [1.165, 1.54) is 12.1 Å². The summed E-state index contributed by atoms with van der Waals surface area (Å²) in [5.41, 5.74) is 5.78. The van der Waals surface area contributed by atoms with Crippen molar-refractivity contribution in [3.05, 3.63) is 110 Å². The lowest BCUT2D eigenvalue weighted by Gasteiger charge is -2.22. The molecule has 36 heavy (non-hydrogen) atoms. The molecule has 1 heterocycles. The van der Waals surface area contributed by atoms with E-state index in [-0.39, 0.29) is 18.1 Å². The van der Waals surface area contributed by atoms with Crippen LogP contribution < -0.4 is 0 Å². The van der Waals surface area contributed by atoms with E-state index in [2.05, 4.69) is 4.98 Å². The van der Waals surface area contributed by atoms with Crippen LogP contribution in [0.25, 0.3) is 35.2 Å². The lowest BCUT2D eigenvalue weighted by molar-refractivity contribution is -0.138. The second-order valence-corrected chi connectivity index (χ2v) is 9.20. The molecule has 180 valence electrons. The number of fused-ring (bicyclic) bond motifs is 3. The molecule has 1 atom stereocenters. The minimum Gasteiger partial charge on any atom is -0.481 e. The van der Waals surface area contributed by atoms with Crippen molar-refractivity contribution < 1.29 is 19.0 Å². The van der Waals surface area contributed by atoms with E-state index in [0.717, 1.165) is 27.8 Å². The normalized spacial score (nSPS) is 14.6. The Bertz CT molecular complexity index is 1550. The van der Waals surface area contributed by atoms with E-state index in [9.17, 15) is 9.18 Å². The maximum absolute atomic E-state index is 13.7. The van der Waals surface area contributed by atoms with Crippen LogP contribution in [-0.2, 0) is 9.53 Å². The molecule has 0 saturated heterocycles. The molecule has 1 aliphatic rings. The Morgan fingerprint density at radius 2 is 1.83 bits per heavy atom. The Hall–Kier alpha value is -3.51. The smallest absolute Gasteiger partial charge is 0.305 e. The number of aromatic nitrogens is 1. The summed E-state index contributed by atoms with van der Waals surface area (Å²) >= 11 is 12.5. The highest BCUT2D eigenvalue weighted by molar-refractivity contribution is 6.32. The predicted molar refractivity (Wildman–Crippen MR) is 143 cm³/mol. The van der Waals surface area contributed by atoms with Gasteiger partial charge in [-0.3, -0.25) is 4.79 Å². The average molecular weight is 520 g/mol. The lowest BCUT2D eigenvalue weighted by Crippen LogP contribution is -2.12. The summed E-state index contributed by atoms with van der Waals surface area (Å²) in [7, 11) is 0. The molecule has 7 heteroatoms. The highest BCUT2D eigenvalue weighted by atomic mass is 35.5. The number of carboxylic acid groups (broad SMARTS) is 1. The average Bonchev–Trinajstić information content (AvgIpc) is 3.01. The van der Waals surface area contributed by atoms with Crippen LogP contribution in [0.15, 0.2) is 60.7 Å². The third kappa shape index (κ3) is 5.05. The Balaban J connectivity index is 1.50. The third-order valence-corrected chi connectivity index (χ3v) is 6.60. The Morgan fingerprint density at radius 1 is 1.00 bits per heavy atom. The number of nitrogens with zero attached hydrogens (tertiary/aromatic N) is 1. The van der Waals surface area contributed by atoms with Gasteiger partial charge in [0.05, 0.1) is 29.3 Å². The van der Waals surface area contributed by atoms with Gasteiger partial charge in [0.25, 0.3) is 0 Å². The van der Waals surface area contributed by atoms with Crippen LogP contribution in [0.2, 0.25) is 10.0 Å². The molecule has 4 nitrogen and oxygen atoms in total. The van der Waals surface area contributed by atoms with Gasteiger partial charge in [-0.1, -0.05) is 71.8 Å². The molecule has 1 unspecified atom stereocenters. The number of carboxylic acids is 1. The van der Waals surface area contributed by atoms with Gasteiger partial charge in [0.15, 0.2) is 0 Å². The highest BCUT2D eigenvalue weighted by Gasteiger charge is 2.25. The molecule has 0 fully saturated rings. The molecule has 1 N–H and O–H groups in total. The highest BCUT2D eigenvalue weighted by Crippen LogP contribution is 2.40. The van der Waals surface area contributed by atoms with Crippen molar-refractivity contribution in [2.24, 2.45) is 0 Å². The maximum Gasteiger partial charge on any atom is 0.305 e. The first-order valence-electron chi connectivity index (χ1n) is 11.3. The summed E-state index contributed by atoms with van der Waals surface area (Å²) in [4.78, 5) is 15.7. The molecule has 4 aromatic rings. The summed E-state index contributed by atoms with van der Waals surface area (Å²) in [6.07, 6.45) is 7.15. The molecule has 0 spiro atoms. The van der Waals surface area contributed by atoms with Gasteiger partial charge in [0.2, 0.25) is 0 Å². The number of aliphatic carboxylic acids is 1.